The minimum absolute atomic E-state index is 0.0173. The quantitative estimate of drug-likeness (QED) is 0.777. The highest BCUT2D eigenvalue weighted by atomic mass is 79.9. The van der Waals surface area contributed by atoms with Gasteiger partial charge in [-0.1, -0.05) is 51.3 Å². The molecular formula is C15H14BrCl2N. The smallest absolute Gasteiger partial charge is 0.0592 e. The maximum absolute atomic E-state index is 6.30. The molecular weight excluding hydrogens is 345 g/mol. The average molecular weight is 359 g/mol. The summed E-state index contributed by atoms with van der Waals surface area (Å²) in [6, 6.07) is 11.7. The molecule has 0 fully saturated rings. The van der Waals surface area contributed by atoms with E-state index in [2.05, 4.69) is 34.2 Å². The lowest BCUT2D eigenvalue weighted by atomic mass is 9.95. The van der Waals surface area contributed by atoms with E-state index in [0.717, 1.165) is 10.0 Å². The van der Waals surface area contributed by atoms with Crippen LogP contribution in [-0.2, 0) is 0 Å². The van der Waals surface area contributed by atoms with Crippen LogP contribution in [0.25, 0.3) is 0 Å². The standard InChI is InChI=1S/C15H14BrCl2N/c1-9-11(4-3-5-13(9)16)15(19-2)12-8-10(17)6-7-14(12)18/h3-8,15,19H,1-2H3. The van der Waals surface area contributed by atoms with Gasteiger partial charge in [0, 0.05) is 14.5 Å². The second-order valence-electron chi connectivity index (χ2n) is 4.34. The molecule has 19 heavy (non-hydrogen) atoms. The van der Waals surface area contributed by atoms with Crippen molar-refractivity contribution < 1.29 is 0 Å². The molecule has 0 aromatic heterocycles. The molecule has 1 nitrogen and oxygen atoms in total. The Labute approximate surface area is 132 Å². The summed E-state index contributed by atoms with van der Waals surface area (Å²) in [6.45, 7) is 2.09. The van der Waals surface area contributed by atoms with Crippen LogP contribution in [0.2, 0.25) is 10.0 Å². The molecule has 0 bridgehead atoms. The Bertz CT molecular complexity index is 597. The lowest BCUT2D eigenvalue weighted by molar-refractivity contribution is 0.687. The summed E-state index contributed by atoms with van der Waals surface area (Å²) in [4.78, 5) is 0. The maximum atomic E-state index is 6.30. The second kappa shape index (κ2) is 6.27. The van der Waals surface area contributed by atoms with Gasteiger partial charge >= 0.3 is 0 Å². The monoisotopic (exact) mass is 357 g/mol. The van der Waals surface area contributed by atoms with Crippen molar-refractivity contribution in [3.63, 3.8) is 0 Å². The Morgan fingerprint density at radius 2 is 1.84 bits per heavy atom. The van der Waals surface area contributed by atoms with Crippen molar-refractivity contribution in [1.82, 2.24) is 5.32 Å². The summed E-state index contributed by atoms with van der Waals surface area (Å²) in [5.74, 6) is 0. The first-order valence-corrected chi connectivity index (χ1v) is 7.46. The van der Waals surface area contributed by atoms with Gasteiger partial charge in [-0.25, -0.2) is 0 Å². The molecule has 0 aliphatic rings. The Kier molecular flexibility index (Phi) is 4.91. The molecule has 1 atom stereocenters. The summed E-state index contributed by atoms with van der Waals surface area (Å²) in [5.41, 5.74) is 3.36. The number of rotatable bonds is 3. The number of hydrogen-bond donors (Lipinski definition) is 1. The summed E-state index contributed by atoms with van der Waals surface area (Å²) < 4.78 is 1.09. The van der Waals surface area contributed by atoms with Crippen LogP contribution < -0.4 is 5.32 Å². The molecule has 1 N–H and O–H groups in total. The number of nitrogens with one attached hydrogen (secondary N) is 1. The molecule has 0 radical (unpaired) electrons. The van der Waals surface area contributed by atoms with Gasteiger partial charge in [0.15, 0.2) is 0 Å². The predicted molar refractivity (Wildman–Crippen MR) is 86.2 cm³/mol. The van der Waals surface area contributed by atoms with E-state index in [9.17, 15) is 0 Å². The average Bonchev–Trinajstić information content (AvgIpc) is 2.39. The molecule has 2 aromatic rings. The molecule has 2 aromatic carbocycles. The van der Waals surface area contributed by atoms with Crippen molar-refractivity contribution >= 4 is 39.1 Å². The summed E-state index contributed by atoms with van der Waals surface area (Å²) in [6.07, 6.45) is 0. The van der Waals surface area contributed by atoms with Gasteiger partial charge in [-0.15, -0.1) is 0 Å². The largest absolute Gasteiger partial charge is 0.309 e. The van der Waals surface area contributed by atoms with E-state index >= 15 is 0 Å². The van der Waals surface area contributed by atoms with Crippen molar-refractivity contribution in [3.05, 3.63) is 67.6 Å². The summed E-state index contributed by atoms with van der Waals surface area (Å²) >= 11 is 15.9. The lowest BCUT2D eigenvalue weighted by Crippen LogP contribution is -2.19. The minimum atomic E-state index is 0.0173. The Balaban J connectivity index is 2.56. The van der Waals surface area contributed by atoms with Crippen molar-refractivity contribution in [2.75, 3.05) is 7.05 Å². The van der Waals surface area contributed by atoms with E-state index in [0.29, 0.717) is 10.0 Å². The van der Waals surface area contributed by atoms with Gasteiger partial charge in [-0.2, -0.15) is 0 Å². The zero-order valence-electron chi connectivity index (χ0n) is 10.7. The molecule has 0 saturated heterocycles. The van der Waals surface area contributed by atoms with E-state index in [1.54, 1.807) is 6.07 Å². The molecule has 0 heterocycles. The fraction of sp³-hybridized carbons (Fsp3) is 0.200. The van der Waals surface area contributed by atoms with E-state index < -0.39 is 0 Å². The molecule has 0 aliphatic carbocycles. The van der Waals surface area contributed by atoms with Crippen LogP contribution in [-0.4, -0.2) is 7.05 Å². The number of hydrogen-bond acceptors (Lipinski definition) is 1. The second-order valence-corrected chi connectivity index (χ2v) is 6.04. The van der Waals surface area contributed by atoms with Gasteiger partial charge in [0.2, 0.25) is 0 Å². The summed E-state index contributed by atoms with van der Waals surface area (Å²) in [7, 11) is 1.92. The van der Waals surface area contributed by atoms with Gasteiger partial charge < -0.3 is 5.32 Å². The Hall–Kier alpha value is -0.540. The highest BCUT2D eigenvalue weighted by Crippen LogP contribution is 2.33. The van der Waals surface area contributed by atoms with E-state index in [4.69, 9.17) is 23.2 Å². The third-order valence-corrected chi connectivity index (χ3v) is 4.62. The molecule has 2 rings (SSSR count). The van der Waals surface area contributed by atoms with Crippen molar-refractivity contribution in [1.29, 1.82) is 0 Å². The number of halogens is 3. The molecule has 1 unspecified atom stereocenters. The zero-order chi connectivity index (χ0) is 14.0. The van der Waals surface area contributed by atoms with Gasteiger partial charge in [-0.3, -0.25) is 0 Å². The van der Waals surface area contributed by atoms with Crippen LogP contribution in [0.15, 0.2) is 40.9 Å². The first kappa shape index (κ1) is 14.9. The first-order valence-electron chi connectivity index (χ1n) is 5.92. The van der Waals surface area contributed by atoms with Crippen LogP contribution in [0.1, 0.15) is 22.7 Å². The van der Waals surface area contributed by atoms with Crippen molar-refractivity contribution in [3.8, 4) is 0 Å². The van der Waals surface area contributed by atoms with Crippen molar-refractivity contribution in [2.24, 2.45) is 0 Å². The lowest BCUT2D eigenvalue weighted by Gasteiger charge is -2.21. The predicted octanol–water partition coefficient (Wildman–Crippen LogP) is 5.37. The highest BCUT2D eigenvalue weighted by Gasteiger charge is 2.18. The number of benzene rings is 2. The van der Waals surface area contributed by atoms with E-state index in [1.165, 1.54) is 11.1 Å². The fourth-order valence-electron chi connectivity index (χ4n) is 2.15. The first-order chi connectivity index (χ1) is 9.04. The Morgan fingerprint density at radius 1 is 1.11 bits per heavy atom. The normalized spacial score (nSPS) is 12.5. The molecule has 0 saturated carbocycles. The van der Waals surface area contributed by atoms with Crippen LogP contribution in [0.3, 0.4) is 0 Å². The van der Waals surface area contributed by atoms with E-state index in [-0.39, 0.29) is 6.04 Å². The van der Waals surface area contributed by atoms with Crippen LogP contribution in [0.4, 0.5) is 0 Å². The summed E-state index contributed by atoms with van der Waals surface area (Å²) in [5, 5.41) is 4.71. The molecule has 0 amide bonds. The van der Waals surface area contributed by atoms with E-state index in [1.807, 2.05) is 31.3 Å². The van der Waals surface area contributed by atoms with Gasteiger partial charge in [0.05, 0.1) is 6.04 Å². The Morgan fingerprint density at radius 3 is 2.53 bits per heavy atom. The minimum Gasteiger partial charge on any atom is -0.309 e. The molecule has 100 valence electrons. The van der Waals surface area contributed by atoms with Gasteiger partial charge in [0.1, 0.15) is 0 Å². The fourth-order valence-corrected chi connectivity index (χ4v) is 2.94. The molecule has 4 heteroatoms. The van der Waals surface area contributed by atoms with Gasteiger partial charge in [0.25, 0.3) is 0 Å². The zero-order valence-corrected chi connectivity index (χ0v) is 13.8. The van der Waals surface area contributed by atoms with Crippen LogP contribution >= 0.6 is 39.1 Å². The topological polar surface area (TPSA) is 12.0 Å². The van der Waals surface area contributed by atoms with Crippen LogP contribution in [0.5, 0.6) is 0 Å². The highest BCUT2D eigenvalue weighted by molar-refractivity contribution is 9.10. The molecule has 0 spiro atoms. The SMILES string of the molecule is CNC(c1cc(Cl)ccc1Cl)c1cccc(Br)c1C. The third-order valence-electron chi connectivity index (χ3n) is 3.18. The maximum Gasteiger partial charge on any atom is 0.0592 e. The molecule has 0 aliphatic heterocycles. The van der Waals surface area contributed by atoms with Crippen LogP contribution in [0, 0.1) is 6.92 Å². The third kappa shape index (κ3) is 3.14. The van der Waals surface area contributed by atoms with Gasteiger partial charge in [-0.05, 0) is 54.9 Å². The van der Waals surface area contributed by atoms with Crippen molar-refractivity contribution in [2.45, 2.75) is 13.0 Å².